The van der Waals surface area contributed by atoms with E-state index in [2.05, 4.69) is 5.32 Å². The summed E-state index contributed by atoms with van der Waals surface area (Å²) in [6.07, 6.45) is 0.957. The molecule has 0 aliphatic heterocycles. The minimum absolute atomic E-state index is 0.0983. The van der Waals surface area contributed by atoms with Crippen LogP contribution in [0.5, 0.6) is 0 Å². The Kier molecular flexibility index (Phi) is 6.96. The van der Waals surface area contributed by atoms with Gasteiger partial charge >= 0.3 is 0 Å². The molecule has 86 valence electrons. The Morgan fingerprint density at radius 3 is 2.93 bits per heavy atom. The molecule has 1 aromatic rings. The standard InChI is InChI=1S/C10H16ClNO2S/c11-10-3-2-9(15-10)8-12-4-1-6-14-7-5-13/h2-3,12-13H,1,4-8H2. The fraction of sp³-hybridized carbons (Fsp3) is 0.600. The van der Waals surface area contributed by atoms with E-state index in [9.17, 15) is 0 Å². The first kappa shape index (κ1) is 12.9. The van der Waals surface area contributed by atoms with Crippen LogP contribution in [0.25, 0.3) is 0 Å². The molecule has 1 heterocycles. The van der Waals surface area contributed by atoms with Crippen molar-refractivity contribution in [2.45, 2.75) is 13.0 Å². The molecule has 0 aliphatic carbocycles. The fourth-order valence-electron chi connectivity index (χ4n) is 1.12. The van der Waals surface area contributed by atoms with E-state index < -0.39 is 0 Å². The maximum absolute atomic E-state index is 8.47. The molecule has 5 heteroatoms. The van der Waals surface area contributed by atoms with Gasteiger partial charge in [0.15, 0.2) is 0 Å². The molecule has 0 saturated carbocycles. The van der Waals surface area contributed by atoms with Crippen LogP contribution in [0.1, 0.15) is 11.3 Å². The van der Waals surface area contributed by atoms with Crippen LogP contribution in [0.15, 0.2) is 12.1 Å². The van der Waals surface area contributed by atoms with Crippen molar-refractivity contribution in [2.75, 3.05) is 26.4 Å². The van der Waals surface area contributed by atoms with Crippen LogP contribution in [0, 0.1) is 0 Å². The lowest BCUT2D eigenvalue weighted by Gasteiger charge is -2.03. The number of halogens is 1. The second-order valence-electron chi connectivity index (χ2n) is 3.07. The Bertz CT molecular complexity index is 268. The molecule has 0 aromatic carbocycles. The quantitative estimate of drug-likeness (QED) is 0.692. The summed E-state index contributed by atoms with van der Waals surface area (Å²) >= 11 is 7.40. The van der Waals surface area contributed by atoms with Gasteiger partial charge in [0.1, 0.15) is 0 Å². The minimum Gasteiger partial charge on any atom is -0.394 e. The second-order valence-corrected chi connectivity index (χ2v) is 4.87. The average Bonchev–Trinajstić information content (AvgIpc) is 2.63. The number of ether oxygens (including phenoxy) is 1. The van der Waals surface area contributed by atoms with Crippen LogP contribution >= 0.6 is 22.9 Å². The second kappa shape index (κ2) is 8.07. The zero-order chi connectivity index (χ0) is 10.9. The van der Waals surface area contributed by atoms with Crippen molar-refractivity contribution in [1.29, 1.82) is 0 Å². The third-order valence-electron chi connectivity index (χ3n) is 1.81. The molecule has 0 bridgehead atoms. The molecule has 15 heavy (non-hydrogen) atoms. The molecule has 3 nitrogen and oxygen atoms in total. The highest BCUT2D eigenvalue weighted by molar-refractivity contribution is 7.16. The van der Waals surface area contributed by atoms with Gasteiger partial charge in [-0.25, -0.2) is 0 Å². The zero-order valence-corrected chi connectivity index (χ0v) is 10.1. The first-order chi connectivity index (χ1) is 7.33. The van der Waals surface area contributed by atoms with Crippen molar-refractivity contribution < 1.29 is 9.84 Å². The summed E-state index contributed by atoms with van der Waals surface area (Å²) in [5.74, 6) is 0. The molecule has 0 aliphatic rings. The van der Waals surface area contributed by atoms with Gasteiger partial charge in [0.05, 0.1) is 17.6 Å². The molecular formula is C10H16ClNO2S. The summed E-state index contributed by atoms with van der Waals surface area (Å²) in [5.41, 5.74) is 0. The number of aliphatic hydroxyl groups excluding tert-OH is 1. The number of hydrogen-bond donors (Lipinski definition) is 2. The molecule has 0 spiro atoms. The zero-order valence-electron chi connectivity index (χ0n) is 8.54. The molecule has 0 fully saturated rings. The van der Waals surface area contributed by atoms with Gasteiger partial charge < -0.3 is 15.2 Å². The van der Waals surface area contributed by atoms with Crippen LogP contribution in [-0.2, 0) is 11.3 Å². The number of thiophene rings is 1. The van der Waals surface area contributed by atoms with Gasteiger partial charge in [-0.15, -0.1) is 11.3 Å². The van der Waals surface area contributed by atoms with E-state index in [0.717, 1.165) is 23.8 Å². The van der Waals surface area contributed by atoms with Crippen LogP contribution in [0.3, 0.4) is 0 Å². The number of aliphatic hydroxyl groups is 1. The Hall–Kier alpha value is -0.130. The molecule has 0 unspecified atom stereocenters. The van der Waals surface area contributed by atoms with E-state index in [0.29, 0.717) is 13.2 Å². The SMILES string of the molecule is OCCOCCCNCc1ccc(Cl)s1. The lowest BCUT2D eigenvalue weighted by molar-refractivity contribution is 0.0907. The van der Waals surface area contributed by atoms with Crippen molar-refractivity contribution >= 4 is 22.9 Å². The smallest absolute Gasteiger partial charge is 0.0931 e. The molecule has 1 aromatic heterocycles. The number of nitrogens with one attached hydrogen (secondary N) is 1. The first-order valence-electron chi connectivity index (χ1n) is 4.96. The number of hydrogen-bond acceptors (Lipinski definition) is 4. The Morgan fingerprint density at radius 2 is 2.27 bits per heavy atom. The minimum atomic E-state index is 0.0983. The molecule has 1 rings (SSSR count). The van der Waals surface area contributed by atoms with Crippen molar-refractivity contribution in [1.82, 2.24) is 5.32 Å². The molecule has 2 N–H and O–H groups in total. The Labute approximate surface area is 99.0 Å². The first-order valence-corrected chi connectivity index (χ1v) is 6.16. The Balaban J connectivity index is 1.93. The van der Waals surface area contributed by atoms with Gasteiger partial charge in [0.2, 0.25) is 0 Å². The molecule has 0 atom stereocenters. The summed E-state index contributed by atoms with van der Waals surface area (Å²) in [6.45, 7) is 3.00. The fourth-order valence-corrected chi connectivity index (χ4v) is 2.18. The third-order valence-corrected chi connectivity index (χ3v) is 3.04. The van der Waals surface area contributed by atoms with Crippen LogP contribution in [0.4, 0.5) is 0 Å². The van der Waals surface area contributed by atoms with E-state index in [-0.39, 0.29) is 6.61 Å². The largest absolute Gasteiger partial charge is 0.394 e. The molecular weight excluding hydrogens is 234 g/mol. The topological polar surface area (TPSA) is 41.5 Å². The lowest BCUT2D eigenvalue weighted by atomic mass is 10.4. The van der Waals surface area contributed by atoms with Crippen LogP contribution < -0.4 is 5.32 Å². The summed E-state index contributed by atoms with van der Waals surface area (Å²) in [4.78, 5) is 1.25. The summed E-state index contributed by atoms with van der Waals surface area (Å²) in [7, 11) is 0. The molecule has 0 radical (unpaired) electrons. The molecule has 0 amide bonds. The maximum Gasteiger partial charge on any atom is 0.0931 e. The monoisotopic (exact) mass is 249 g/mol. The van der Waals surface area contributed by atoms with Crippen molar-refractivity contribution in [3.8, 4) is 0 Å². The van der Waals surface area contributed by atoms with Gasteiger partial charge in [-0.05, 0) is 25.1 Å². The van der Waals surface area contributed by atoms with E-state index in [1.165, 1.54) is 4.88 Å². The predicted octanol–water partition coefficient (Wildman–Crippen LogP) is 1.89. The molecule has 0 saturated heterocycles. The summed E-state index contributed by atoms with van der Waals surface area (Å²) < 4.78 is 5.96. The van der Waals surface area contributed by atoms with Crippen molar-refractivity contribution in [2.24, 2.45) is 0 Å². The van der Waals surface area contributed by atoms with Crippen LogP contribution in [-0.4, -0.2) is 31.5 Å². The van der Waals surface area contributed by atoms with E-state index >= 15 is 0 Å². The Morgan fingerprint density at radius 1 is 1.40 bits per heavy atom. The lowest BCUT2D eigenvalue weighted by Crippen LogP contribution is -2.16. The van der Waals surface area contributed by atoms with Gasteiger partial charge in [-0.2, -0.15) is 0 Å². The van der Waals surface area contributed by atoms with Gasteiger partial charge in [0.25, 0.3) is 0 Å². The van der Waals surface area contributed by atoms with E-state index in [1.807, 2.05) is 12.1 Å². The van der Waals surface area contributed by atoms with E-state index in [1.54, 1.807) is 11.3 Å². The summed E-state index contributed by atoms with van der Waals surface area (Å²) in [5, 5.41) is 11.8. The third kappa shape index (κ3) is 6.12. The van der Waals surface area contributed by atoms with Crippen LogP contribution in [0.2, 0.25) is 4.34 Å². The van der Waals surface area contributed by atoms with Gasteiger partial charge in [0, 0.05) is 18.0 Å². The van der Waals surface area contributed by atoms with Gasteiger partial charge in [-0.3, -0.25) is 0 Å². The number of rotatable bonds is 8. The predicted molar refractivity (Wildman–Crippen MR) is 63.6 cm³/mol. The highest BCUT2D eigenvalue weighted by Gasteiger charge is 1.96. The van der Waals surface area contributed by atoms with Gasteiger partial charge in [-0.1, -0.05) is 11.6 Å². The average molecular weight is 250 g/mol. The highest BCUT2D eigenvalue weighted by atomic mass is 35.5. The van der Waals surface area contributed by atoms with E-state index in [4.69, 9.17) is 21.4 Å². The normalized spacial score (nSPS) is 10.8. The maximum atomic E-state index is 8.47. The highest BCUT2D eigenvalue weighted by Crippen LogP contribution is 2.20. The van der Waals surface area contributed by atoms with Crippen molar-refractivity contribution in [3.05, 3.63) is 21.3 Å². The summed E-state index contributed by atoms with van der Waals surface area (Å²) in [6, 6.07) is 3.94. The van der Waals surface area contributed by atoms with Crippen molar-refractivity contribution in [3.63, 3.8) is 0 Å².